The molecule has 4 nitrogen and oxygen atoms in total. The smallest absolute Gasteiger partial charge is 0.328 e. The van der Waals surface area contributed by atoms with Crippen LogP contribution in [0.4, 0.5) is 0 Å². The van der Waals surface area contributed by atoms with Gasteiger partial charge in [-0.3, -0.25) is 4.57 Å². The Bertz CT molecular complexity index is 671. The summed E-state index contributed by atoms with van der Waals surface area (Å²) >= 11 is 0. The summed E-state index contributed by atoms with van der Waals surface area (Å²) in [7, 11) is 1.73. The van der Waals surface area contributed by atoms with Crippen molar-refractivity contribution in [2.75, 3.05) is 6.61 Å². The van der Waals surface area contributed by atoms with Gasteiger partial charge in [0.2, 0.25) is 0 Å². The average Bonchev–Trinajstić information content (AvgIpc) is 2.72. The van der Waals surface area contributed by atoms with Gasteiger partial charge in [-0.15, -0.1) is 0 Å². The zero-order valence-corrected chi connectivity index (χ0v) is 10.8. The molecule has 0 saturated heterocycles. The molecule has 0 aliphatic carbocycles. The first-order valence-electron chi connectivity index (χ1n) is 6.11. The van der Waals surface area contributed by atoms with Crippen molar-refractivity contribution < 1.29 is 5.11 Å². The summed E-state index contributed by atoms with van der Waals surface area (Å²) < 4.78 is 3.20. The minimum Gasteiger partial charge on any atom is -0.395 e. The SMILES string of the molecule is Cn1ccn(Cc2cccc(C#CCCO)c2)c1=O. The van der Waals surface area contributed by atoms with Crippen molar-refractivity contribution in [1.82, 2.24) is 9.13 Å². The Kier molecular flexibility index (Phi) is 4.22. The van der Waals surface area contributed by atoms with E-state index < -0.39 is 0 Å². The van der Waals surface area contributed by atoms with E-state index in [4.69, 9.17) is 5.11 Å². The minimum atomic E-state index is -0.0308. The lowest BCUT2D eigenvalue weighted by atomic mass is 10.1. The van der Waals surface area contributed by atoms with Crippen molar-refractivity contribution in [2.45, 2.75) is 13.0 Å². The summed E-state index contributed by atoms with van der Waals surface area (Å²) in [6, 6.07) is 7.77. The highest BCUT2D eigenvalue weighted by Gasteiger charge is 2.01. The maximum atomic E-state index is 11.7. The van der Waals surface area contributed by atoms with E-state index >= 15 is 0 Å². The molecule has 0 bridgehead atoms. The standard InChI is InChI=1S/C15H16N2O2/c1-16-8-9-17(15(16)19)12-14-7-4-6-13(11-14)5-2-3-10-18/h4,6-9,11,18H,3,10,12H2,1H3. The number of aromatic nitrogens is 2. The van der Waals surface area contributed by atoms with Gasteiger partial charge in [0.15, 0.2) is 0 Å². The molecule has 4 heteroatoms. The van der Waals surface area contributed by atoms with E-state index in [1.807, 2.05) is 24.3 Å². The van der Waals surface area contributed by atoms with E-state index in [1.165, 1.54) is 0 Å². The van der Waals surface area contributed by atoms with Crippen molar-refractivity contribution in [3.63, 3.8) is 0 Å². The number of rotatable bonds is 3. The first-order valence-corrected chi connectivity index (χ1v) is 6.11. The van der Waals surface area contributed by atoms with Crippen molar-refractivity contribution in [3.05, 3.63) is 58.3 Å². The lowest BCUT2D eigenvalue weighted by molar-refractivity contribution is 0.305. The molecule has 1 N–H and O–H groups in total. The molecule has 1 aromatic heterocycles. The van der Waals surface area contributed by atoms with E-state index in [1.54, 1.807) is 28.6 Å². The van der Waals surface area contributed by atoms with Crippen LogP contribution in [0.1, 0.15) is 17.5 Å². The predicted molar refractivity (Wildman–Crippen MR) is 73.8 cm³/mol. The van der Waals surface area contributed by atoms with Crippen LogP contribution in [0.3, 0.4) is 0 Å². The molecule has 0 radical (unpaired) electrons. The largest absolute Gasteiger partial charge is 0.395 e. The molecule has 19 heavy (non-hydrogen) atoms. The number of nitrogens with zero attached hydrogens (tertiary/aromatic N) is 2. The molecular formula is C15H16N2O2. The van der Waals surface area contributed by atoms with Crippen molar-refractivity contribution in [2.24, 2.45) is 7.05 Å². The Hall–Kier alpha value is -2.25. The second-order valence-electron chi connectivity index (χ2n) is 4.30. The molecule has 0 spiro atoms. The van der Waals surface area contributed by atoms with Crippen molar-refractivity contribution >= 4 is 0 Å². The zero-order valence-electron chi connectivity index (χ0n) is 10.8. The van der Waals surface area contributed by atoms with Gasteiger partial charge in [0.1, 0.15) is 0 Å². The number of aryl methyl sites for hydroxylation is 1. The van der Waals surface area contributed by atoms with Gasteiger partial charge in [-0.2, -0.15) is 0 Å². The van der Waals surface area contributed by atoms with Gasteiger partial charge in [0.25, 0.3) is 0 Å². The van der Waals surface area contributed by atoms with E-state index in [2.05, 4.69) is 11.8 Å². The molecule has 0 atom stereocenters. The third kappa shape index (κ3) is 3.36. The van der Waals surface area contributed by atoms with Crippen LogP contribution in [0.2, 0.25) is 0 Å². The van der Waals surface area contributed by atoms with Crippen LogP contribution < -0.4 is 5.69 Å². The van der Waals surface area contributed by atoms with Gasteiger partial charge in [0, 0.05) is 31.4 Å². The Morgan fingerprint density at radius 2 is 2.16 bits per heavy atom. The fourth-order valence-corrected chi connectivity index (χ4v) is 1.80. The van der Waals surface area contributed by atoms with Crippen molar-refractivity contribution in [1.29, 1.82) is 0 Å². The lowest BCUT2D eigenvalue weighted by Crippen LogP contribution is -2.22. The monoisotopic (exact) mass is 256 g/mol. The van der Waals surface area contributed by atoms with Crippen LogP contribution in [0, 0.1) is 11.8 Å². The number of hydrogen-bond donors (Lipinski definition) is 1. The quantitative estimate of drug-likeness (QED) is 0.832. The second kappa shape index (κ2) is 6.07. The number of imidazole rings is 1. The molecule has 0 unspecified atom stereocenters. The van der Waals surface area contributed by atoms with Crippen LogP contribution in [-0.2, 0) is 13.6 Å². The van der Waals surface area contributed by atoms with Gasteiger partial charge in [-0.1, -0.05) is 24.0 Å². The van der Waals surface area contributed by atoms with E-state index in [0.717, 1.165) is 11.1 Å². The summed E-state index contributed by atoms with van der Waals surface area (Å²) in [4.78, 5) is 11.7. The van der Waals surface area contributed by atoms with E-state index in [9.17, 15) is 4.79 Å². The lowest BCUT2D eigenvalue weighted by Gasteiger charge is -2.02. The molecular weight excluding hydrogens is 240 g/mol. The molecule has 1 aromatic carbocycles. The Morgan fingerprint density at radius 3 is 2.84 bits per heavy atom. The summed E-state index contributed by atoms with van der Waals surface area (Å²) in [6.07, 6.45) is 3.99. The molecule has 0 saturated carbocycles. The van der Waals surface area contributed by atoms with Gasteiger partial charge in [0.05, 0.1) is 13.2 Å². The molecule has 0 fully saturated rings. The zero-order chi connectivity index (χ0) is 13.7. The first kappa shape index (κ1) is 13.2. The van der Waals surface area contributed by atoms with Gasteiger partial charge in [-0.25, -0.2) is 4.79 Å². The normalized spacial score (nSPS) is 10.0. The first-order chi connectivity index (χ1) is 9.20. The Balaban J connectivity index is 2.18. The fourth-order valence-electron chi connectivity index (χ4n) is 1.80. The summed E-state index contributed by atoms with van der Waals surface area (Å²) in [5, 5.41) is 8.68. The molecule has 2 rings (SSSR count). The molecule has 0 aliphatic heterocycles. The van der Waals surface area contributed by atoms with E-state index in [-0.39, 0.29) is 12.3 Å². The van der Waals surface area contributed by atoms with Crippen LogP contribution in [0.25, 0.3) is 0 Å². The van der Waals surface area contributed by atoms with Crippen LogP contribution in [-0.4, -0.2) is 20.8 Å². The second-order valence-corrected chi connectivity index (χ2v) is 4.30. The molecule has 98 valence electrons. The maximum absolute atomic E-state index is 11.7. The minimum absolute atomic E-state index is 0.0308. The van der Waals surface area contributed by atoms with Gasteiger partial charge in [-0.05, 0) is 17.7 Å². The topological polar surface area (TPSA) is 47.2 Å². The number of aliphatic hydroxyl groups excluding tert-OH is 1. The van der Waals surface area contributed by atoms with Crippen molar-refractivity contribution in [3.8, 4) is 11.8 Å². The van der Waals surface area contributed by atoms with Gasteiger partial charge >= 0.3 is 5.69 Å². The fraction of sp³-hybridized carbons (Fsp3) is 0.267. The third-order valence-corrected chi connectivity index (χ3v) is 2.77. The average molecular weight is 256 g/mol. The molecule has 0 aliphatic rings. The highest BCUT2D eigenvalue weighted by Crippen LogP contribution is 2.05. The third-order valence-electron chi connectivity index (χ3n) is 2.77. The van der Waals surface area contributed by atoms with Crippen LogP contribution in [0.5, 0.6) is 0 Å². The van der Waals surface area contributed by atoms with Crippen LogP contribution in [0.15, 0.2) is 41.5 Å². The van der Waals surface area contributed by atoms with E-state index in [0.29, 0.717) is 13.0 Å². The number of hydrogen-bond acceptors (Lipinski definition) is 2. The maximum Gasteiger partial charge on any atom is 0.328 e. The molecule has 0 amide bonds. The Labute approximate surface area is 111 Å². The number of benzene rings is 1. The highest BCUT2D eigenvalue weighted by molar-refractivity contribution is 5.37. The van der Waals surface area contributed by atoms with Crippen LogP contribution >= 0.6 is 0 Å². The highest BCUT2D eigenvalue weighted by atomic mass is 16.2. The molecule has 1 heterocycles. The summed E-state index contributed by atoms with van der Waals surface area (Å²) in [6.45, 7) is 0.612. The summed E-state index contributed by atoms with van der Waals surface area (Å²) in [5.41, 5.74) is 1.90. The number of aliphatic hydroxyl groups is 1. The summed E-state index contributed by atoms with van der Waals surface area (Å²) in [5.74, 6) is 5.87. The van der Waals surface area contributed by atoms with Gasteiger partial charge < -0.3 is 9.67 Å². The Morgan fingerprint density at radius 1 is 1.32 bits per heavy atom. The predicted octanol–water partition coefficient (Wildman–Crippen LogP) is 0.969. The molecule has 2 aromatic rings.